The first-order valence-electron chi connectivity index (χ1n) is 9.03. The third-order valence-electron chi connectivity index (χ3n) is 4.44. The lowest BCUT2D eigenvalue weighted by Gasteiger charge is -2.16. The lowest BCUT2D eigenvalue weighted by atomic mass is 10.2. The van der Waals surface area contributed by atoms with Crippen molar-refractivity contribution in [2.75, 3.05) is 12.4 Å². The average Bonchev–Trinajstić information content (AvgIpc) is 3.12. The molecule has 0 aliphatic carbocycles. The second-order valence-electron chi connectivity index (χ2n) is 6.45. The lowest BCUT2D eigenvalue weighted by molar-refractivity contribution is -0.123. The highest BCUT2D eigenvalue weighted by atomic mass is 35.5. The van der Waals surface area contributed by atoms with Crippen LogP contribution in [-0.4, -0.2) is 40.1 Å². The van der Waals surface area contributed by atoms with Gasteiger partial charge in [-0.05, 0) is 50.6 Å². The molecule has 0 fully saturated rings. The number of carbonyl (C=O) groups excluding carboxylic acids is 2. The molecule has 1 amide bonds. The average molecular weight is 417 g/mol. The Morgan fingerprint density at radius 1 is 1.28 bits per heavy atom. The van der Waals surface area contributed by atoms with Crippen molar-refractivity contribution in [2.24, 2.45) is 0 Å². The van der Waals surface area contributed by atoms with E-state index >= 15 is 0 Å². The Balaban J connectivity index is 1.71. The molecule has 0 spiro atoms. The van der Waals surface area contributed by atoms with Gasteiger partial charge in [-0.2, -0.15) is 0 Å². The minimum atomic E-state index is -1.02. The van der Waals surface area contributed by atoms with Crippen molar-refractivity contribution >= 4 is 40.2 Å². The van der Waals surface area contributed by atoms with Gasteiger partial charge in [-0.1, -0.05) is 16.8 Å². The number of hydrogen-bond donors (Lipinski definition) is 1. The van der Waals surface area contributed by atoms with Crippen LogP contribution in [0.4, 0.5) is 5.69 Å². The molecule has 152 valence electrons. The minimum absolute atomic E-state index is 0.292. The number of esters is 1. The smallest absolute Gasteiger partial charge is 0.338 e. The number of nitrogens with one attached hydrogen (secondary N) is 1. The Hall–Kier alpha value is -3.13. The van der Waals surface area contributed by atoms with Crippen molar-refractivity contribution < 1.29 is 19.1 Å². The van der Waals surface area contributed by atoms with Crippen LogP contribution in [-0.2, 0) is 16.1 Å². The van der Waals surface area contributed by atoms with Crippen molar-refractivity contribution in [3.8, 4) is 5.75 Å². The molecule has 0 saturated carbocycles. The normalized spacial score (nSPS) is 11.9. The van der Waals surface area contributed by atoms with Gasteiger partial charge in [-0.3, -0.25) is 4.79 Å². The SMILES string of the molecule is CCn1nnc2cc(C(=O)O[C@H](C)C(=O)Nc3cc(C)c(Cl)cc3OC)ccc21. The number of amides is 1. The molecule has 8 nitrogen and oxygen atoms in total. The van der Waals surface area contributed by atoms with Crippen LogP contribution >= 0.6 is 11.6 Å². The second kappa shape index (κ2) is 8.48. The van der Waals surface area contributed by atoms with E-state index in [-0.39, 0.29) is 0 Å². The first-order valence-corrected chi connectivity index (χ1v) is 9.41. The largest absolute Gasteiger partial charge is 0.495 e. The Labute approximate surface area is 172 Å². The molecular formula is C20H21ClN4O4. The van der Waals surface area contributed by atoms with Crippen LogP contribution in [0.3, 0.4) is 0 Å². The summed E-state index contributed by atoms with van der Waals surface area (Å²) in [6.07, 6.45) is -1.02. The Morgan fingerprint density at radius 3 is 2.72 bits per heavy atom. The molecule has 29 heavy (non-hydrogen) atoms. The molecule has 1 N–H and O–H groups in total. The first kappa shape index (κ1) is 20.6. The fourth-order valence-corrected chi connectivity index (χ4v) is 2.93. The maximum atomic E-state index is 12.5. The zero-order valence-electron chi connectivity index (χ0n) is 16.5. The van der Waals surface area contributed by atoms with Crippen LogP contribution in [0.5, 0.6) is 5.75 Å². The topological polar surface area (TPSA) is 95.3 Å². The Kier molecular flexibility index (Phi) is 6.03. The summed E-state index contributed by atoms with van der Waals surface area (Å²) < 4.78 is 12.3. The third kappa shape index (κ3) is 4.32. The van der Waals surface area contributed by atoms with E-state index in [0.29, 0.717) is 34.1 Å². The van der Waals surface area contributed by atoms with Crippen LogP contribution in [0.2, 0.25) is 5.02 Å². The van der Waals surface area contributed by atoms with Gasteiger partial charge in [0, 0.05) is 17.6 Å². The van der Waals surface area contributed by atoms with Crippen LogP contribution in [0, 0.1) is 6.92 Å². The van der Waals surface area contributed by atoms with Gasteiger partial charge >= 0.3 is 5.97 Å². The van der Waals surface area contributed by atoms with Gasteiger partial charge in [0.25, 0.3) is 5.91 Å². The number of carbonyl (C=O) groups is 2. The maximum Gasteiger partial charge on any atom is 0.338 e. The molecule has 3 aromatic rings. The van der Waals surface area contributed by atoms with Crippen LogP contribution in [0.15, 0.2) is 30.3 Å². The highest BCUT2D eigenvalue weighted by Gasteiger charge is 2.21. The van der Waals surface area contributed by atoms with E-state index in [1.54, 1.807) is 35.0 Å². The summed E-state index contributed by atoms with van der Waals surface area (Å²) in [5.74, 6) is -0.701. The fourth-order valence-electron chi connectivity index (χ4n) is 2.78. The number of ether oxygens (including phenoxy) is 2. The monoisotopic (exact) mass is 416 g/mol. The zero-order valence-corrected chi connectivity index (χ0v) is 17.3. The van der Waals surface area contributed by atoms with E-state index in [4.69, 9.17) is 21.1 Å². The molecule has 1 atom stereocenters. The second-order valence-corrected chi connectivity index (χ2v) is 6.85. The number of aromatic nitrogens is 3. The molecule has 0 saturated heterocycles. The van der Waals surface area contributed by atoms with Crippen LogP contribution in [0.1, 0.15) is 29.8 Å². The number of halogens is 1. The molecule has 0 radical (unpaired) electrons. The van der Waals surface area contributed by atoms with Crippen molar-refractivity contribution in [3.05, 3.63) is 46.5 Å². The summed E-state index contributed by atoms with van der Waals surface area (Å²) in [6, 6.07) is 8.27. The number of anilines is 1. The van der Waals surface area contributed by atoms with Crippen molar-refractivity contribution in [1.82, 2.24) is 15.0 Å². The van der Waals surface area contributed by atoms with Gasteiger partial charge in [0.05, 0.1) is 23.9 Å². The van der Waals surface area contributed by atoms with Crippen molar-refractivity contribution in [1.29, 1.82) is 0 Å². The number of fused-ring (bicyclic) bond motifs is 1. The highest BCUT2D eigenvalue weighted by molar-refractivity contribution is 6.31. The third-order valence-corrected chi connectivity index (χ3v) is 4.85. The predicted molar refractivity (Wildman–Crippen MR) is 109 cm³/mol. The molecule has 0 bridgehead atoms. The number of benzene rings is 2. The summed E-state index contributed by atoms with van der Waals surface area (Å²) in [5, 5.41) is 11.3. The van der Waals surface area contributed by atoms with Gasteiger partial charge in [0.1, 0.15) is 11.3 Å². The highest BCUT2D eigenvalue weighted by Crippen LogP contribution is 2.31. The number of methoxy groups -OCH3 is 1. The molecular weight excluding hydrogens is 396 g/mol. The van der Waals surface area contributed by atoms with Crippen molar-refractivity contribution in [3.63, 3.8) is 0 Å². The molecule has 9 heteroatoms. The molecule has 3 rings (SSSR count). The predicted octanol–water partition coefficient (Wildman–Crippen LogP) is 3.61. The van der Waals surface area contributed by atoms with Gasteiger partial charge in [-0.25, -0.2) is 9.48 Å². The van der Waals surface area contributed by atoms with Gasteiger partial charge in [0.2, 0.25) is 0 Å². The molecule has 0 aliphatic heterocycles. The number of rotatable bonds is 6. The van der Waals surface area contributed by atoms with Gasteiger partial charge in [-0.15, -0.1) is 5.10 Å². The Bertz CT molecular complexity index is 1080. The van der Waals surface area contributed by atoms with Gasteiger partial charge < -0.3 is 14.8 Å². The summed E-state index contributed by atoms with van der Waals surface area (Å²) in [6.45, 7) is 5.93. The Morgan fingerprint density at radius 2 is 2.03 bits per heavy atom. The van der Waals surface area contributed by atoms with Crippen LogP contribution < -0.4 is 10.1 Å². The van der Waals surface area contributed by atoms with E-state index in [1.165, 1.54) is 14.0 Å². The van der Waals surface area contributed by atoms with E-state index < -0.39 is 18.0 Å². The standard InChI is InChI=1S/C20H21ClN4O4/c1-5-25-17-7-6-13(9-15(17)23-24-25)20(27)29-12(3)19(26)22-16-8-11(2)14(21)10-18(16)28-4/h6-10,12H,5H2,1-4H3,(H,22,26)/t12-/m1/s1. The number of nitrogens with zero attached hydrogens (tertiary/aromatic N) is 3. The van der Waals surface area contributed by atoms with Crippen LogP contribution in [0.25, 0.3) is 11.0 Å². The van der Waals surface area contributed by atoms with E-state index in [1.807, 2.05) is 13.8 Å². The molecule has 2 aromatic carbocycles. The minimum Gasteiger partial charge on any atom is -0.495 e. The quantitative estimate of drug-likeness (QED) is 0.617. The summed E-state index contributed by atoms with van der Waals surface area (Å²) >= 11 is 6.08. The van der Waals surface area contributed by atoms with Gasteiger partial charge in [0.15, 0.2) is 6.10 Å². The lowest BCUT2D eigenvalue weighted by Crippen LogP contribution is -2.30. The molecule has 0 aliphatic rings. The van der Waals surface area contributed by atoms with Crippen molar-refractivity contribution in [2.45, 2.75) is 33.4 Å². The number of hydrogen-bond acceptors (Lipinski definition) is 6. The molecule has 0 unspecified atom stereocenters. The maximum absolute atomic E-state index is 12.5. The molecule has 1 heterocycles. The first-order chi connectivity index (χ1) is 13.8. The summed E-state index contributed by atoms with van der Waals surface area (Å²) in [5.41, 5.74) is 2.92. The van der Waals surface area contributed by atoms with E-state index in [0.717, 1.165) is 11.1 Å². The van der Waals surface area contributed by atoms with E-state index in [2.05, 4.69) is 15.6 Å². The van der Waals surface area contributed by atoms with E-state index in [9.17, 15) is 9.59 Å². The summed E-state index contributed by atoms with van der Waals surface area (Å²) in [7, 11) is 1.48. The zero-order chi connectivity index (χ0) is 21.1. The molecule has 1 aromatic heterocycles. The summed E-state index contributed by atoms with van der Waals surface area (Å²) in [4.78, 5) is 25.0. The number of aryl methyl sites for hydroxylation is 2. The fraction of sp³-hybridized carbons (Fsp3) is 0.300.